The average molecular weight is 161 g/mol. The molecule has 1 aliphatic carbocycles. The summed E-state index contributed by atoms with van der Waals surface area (Å²) < 4.78 is 12.2. The van der Waals surface area contributed by atoms with E-state index in [0.717, 1.165) is 0 Å². The summed E-state index contributed by atoms with van der Waals surface area (Å²) in [7, 11) is 0. The van der Waals surface area contributed by atoms with E-state index in [4.69, 9.17) is 5.11 Å². The van der Waals surface area contributed by atoms with Gasteiger partial charge in [0.05, 0.1) is 0 Å². The SMILES string of the molecule is O=C(O)NC1(C(=O)F)CCC1. The second kappa shape index (κ2) is 2.48. The zero-order valence-corrected chi connectivity index (χ0v) is 5.76. The van der Waals surface area contributed by atoms with Gasteiger partial charge in [-0.2, -0.15) is 4.39 Å². The van der Waals surface area contributed by atoms with Gasteiger partial charge in [0.15, 0.2) is 0 Å². The molecule has 62 valence electrons. The number of carboxylic acid groups (broad SMARTS) is 1. The number of nitrogens with one attached hydrogen (secondary N) is 1. The van der Waals surface area contributed by atoms with Gasteiger partial charge in [0.2, 0.25) is 0 Å². The van der Waals surface area contributed by atoms with Gasteiger partial charge in [0.1, 0.15) is 5.54 Å². The Kier molecular flexibility index (Phi) is 1.80. The van der Waals surface area contributed by atoms with E-state index in [1.54, 1.807) is 0 Å². The Hall–Kier alpha value is -1.13. The molecule has 2 N–H and O–H groups in total. The molecular formula is C6H8FNO3. The van der Waals surface area contributed by atoms with Gasteiger partial charge in [0, 0.05) is 0 Å². The molecule has 0 atom stereocenters. The van der Waals surface area contributed by atoms with E-state index in [1.807, 2.05) is 5.32 Å². The van der Waals surface area contributed by atoms with Crippen molar-refractivity contribution in [1.82, 2.24) is 5.32 Å². The lowest BCUT2D eigenvalue weighted by molar-refractivity contribution is -0.139. The van der Waals surface area contributed by atoms with Crippen LogP contribution in [0.5, 0.6) is 0 Å². The van der Waals surface area contributed by atoms with E-state index in [9.17, 15) is 14.0 Å². The Balaban J connectivity index is 2.61. The molecule has 0 unspecified atom stereocenters. The van der Waals surface area contributed by atoms with Crippen molar-refractivity contribution in [2.45, 2.75) is 24.8 Å². The molecule has 1 aliphatic rings. The topological polar surface area (TPSA) is 66.4 Å². The van der Waals surface area contributed by atoms with Crippen molar-refractivity contribution in [1.29, 1.82) is 0 Å². The van der Waals surface area contributed by atoms with E-state index >= 15 is 0 Å². The number of hydrogen-bond donors (Lipinski definition) is 2. The molecule has 1 amide bonds. The van der Waals surface area contributed by atoms with Crippen molar-refractivity contribution < 1.29 is 19.1 Å². The largest absolute Gasteiger partial charge is 0.465 e. The number of amides is 1. The first-order valence-corrected chi connectivity index (χ1v) is 3.28. The highest BCUT2D eigenvalue weighted by atomic mass is 19.1. The van der Waals surface area contributed by atoms with E-state index in [0.29, 0.717) is 6.42 Å². The van der Waals surface area contributed by atoms with Crippen LogP contribution in [0, 0.1) is 0 Å². The fraction of sp³-hybridized carbons (Fsp3) is 0.667. The zero-order chi connectivity index (χ0) is 8.48. The first kappa shape index (κ1) is 7.97. The van der Waals surface area contributed by atoms with Crippen LogP contribution in [0.3, 0.4) is 0 Å². The zero-order valence-electron chi connectivity index (χ0n) is 5.76. The van der Waals surface area contributed by atoms with Crippen molar-refractivity contribution in [2.24, 2.45) is 0 Å². The minimum Gasteiger partial charge on any atom is -0.465 e. The molecule has 5 heteroatoms. The fourth-order valence-electron chi connectivity index (χ4n) is 1.11. The molecule has 0 aromatic heterocycles. The third-order valence-electron chi connectivity index (χ3n) is 1.93. The predicted molar refractivity (Wildman–Crippen MR) is 33.9 cm³/mol. The maximum absolute atomic E-state index is 12.2. The molecule has 1 rings (SSSR count). The number of hydrogen-bond acceptors (Lipinski definition) is 2. The highest BCUT2D eigenvalue weighted by Crippen LogP contribution is 2.32. The van der Waals surface area contributed by atoms with Crippen LogP contribution in [-0.2, 0) is 4.79 Å². The standard InChI is InChI=1S/C6H8FNO3/c7-4(9)6(2-1-3-6)8-5(10)11/h8H,1-3H2,(H,10,11). The molecule has 0 aromatic carbocycles. The molecule has 0 heterocycles. The van der Waals surface area contributed by atoms with Crippen LogP contribution in [0.1, 0.15) is 19.3 Å². The van der Waals surface area contributed by atoms with Crippen LogP contribution in [0.2, 0.25) is 0 Å². The van der Waals surface area contributed by atoms with Gasteiger partial charge in [-0.25, -0.2) is 4.79 Å². The van der Waals surface area contributed by atoms with Gasteiger partial charge in [-0.3, -0.25) is 4.79 Å². The lowest BCUT2D eigenvalue weighted by Crippen LogP contribution is -2.57. The van der Waals surface area contributed by atoms with Crippen LogP contribution in [0.4, 0.5) is 9.18 Å². The lowest BCUT2D eigenvalue weighted by Gasteiger charge is -2.36. The Labute approximate surface area is 62.4 Å². The molecule has 0 bridgehead atoms. The van der Waals surface area contributed by atoms with Crippen LogP contribution in [0.25, 0.3) is 0 Å². The van der Waals surface area contributed by atoms with Crippen LogP contribution < -0.4 is 5.32 Å². The Bertz CT molecular complexity index is 200. The van der Waals surface area contributed by atoms with Crippen molar-refractivity contribution in [3.05, 3.63) is 0 Å². The summed E-state index contributed by atoms with van der Waals surface area (Å²) >= 11 is 0. The van der Waals surface area contributed by atoms with Crippen molar-refractivity contribution in [3.63, 3.8) is 0 Å². The molecule has 0 aromatic rings. The van der Waals surface area contributed by atoms with Gasteiger partial charge in [-0.1, -0.05) is 0 Å². The molecular weight excluding hydrogens is 153 g/mol. The smallest absolute Gasteiger partial charge is 0.405 e. The third kappa shape index (κ3) is 1.31. The number of halogens is 1. The lowest BCUT2D eigenvalue weighted by atomic mass is 9.77. The van der Waals surface area contributed by atoms with E-state index in [-0.39, 0.29) is 12.8 Å². The molecule has 4 nitrogen and oxygen atoms in total. The van der Waals surface area contributed by atoms with Crippen molar-refractivity contribution in [2.75, 3.05) is 0 Å². The summed E-state index contributed by atoms with van der Waals surface area (Å²) in [6, 6.07) is -1.58. The van der Waals surface area contributed by atoms with Crippen LogP contribution in [-0.4, -0.2) is 22.8 Å². The second-order valence-electron chi connectivity index (χ2n) is 2.64. The first-order chi connectivity index (χ1) is 5.07. The normalized spacial score (nSPS) is 20.1. The average Bonchev–Trinajstić information content (AvgIpc) is 1.77. The quantitative estimate of drug-likeness (QED) is 0.585. The van der Waals surface area contributed by atoms with Crippen molar-refractivity contribution in [3.8, 4) is 0 Å². The minimum atomic E-state index is -1.58. The van der Waals surface area contributed by atoms with Gasteiger partial charge in [-0.05, 0) is 19.3 Å². The molecule has 0 spiro atoms. The molecule has 0 saturated heterocycles. The second-order valence-corrected chi connectivity index (χ2v) is 2.64. The van der Waals surface area contributed by atoms with E-state index < -0.39 is 17.7 Å². The van der Waals surface area contributed by atoms with Crippen molar-refractivity contribution >= 4 is 12.1 Å². The highest BCUT2D eigenvalue weighted by Gasteiger charge is 2.46. The summed E-state index contributed by atoms with van der Waals surface area (Å²) in [5.41, 5.74) is -1.41. The first-order valence-electron chi connectivity index (χ1n) is 3.28. The highest BCUT2D eigenvalue weighted by molar-refractivity contribution is 5.85. The molecule has 1 fully saturated rings. The Morgan fingerprint density at radius 3 is 2.09 bits per heavy atom. The molecule has 0 radical (unpaired) electrons. The maximum Gasteiger partial charge on any atom is 0.405 e. The van der Waals surface area contributed by atoms with Gasteiger partial charge in [-0.15, -0.1) is 0 Å². The number of carbonyl (C=O) groups is 2. The Morgan fingerprint density at radius 2 is 2.00 bits per heavy atom. The molecule has 1 saturated carbocycles. The summed E-state index contributed by atoms with van der Waals surface area (Å²) in [6.45, 7) is 0. The third-order valence-corrected chi connectivity index (χ3v) is 1.93. The summed E-state index contributed by atoms with van der Waals surface area (Å²) in [4.78, 5) is 20.4. The minimum absolute atomic E-state index is 0.272. The van der Waals surface area contributed by atoms with Crippen LogP contribution >= 0.6 is 0 Å². The maximum atomic E-state index is 12.2. The van der Waals surface area contributed by atoms with E-state index in [2.05, 4.69) is 0 Å². The number of rotatable bonds is 2. The summed E-state index contributed by atoms with van der Waals surface area (Å²) in [5.74, 6) is 0. The number of carbonyl (C=O) groups excluding carboxylic acids is 1. The summed E-state index contributed by atoms with van der Waals surface area (Å²) in [6.07, 6.45) is -0.116. The van der Waals surface area contributed by atoms with Crippen LogP contribution in [0.15, 0.2) is 0 Å². The molecule has 11 heavy (non-hydrogen) atoms. The van der Waals surface area contributed by atoms with Gasteiger partial charge >= 0.3 is 12.1 Å². The summed E-state index contributed by atoms with van der Waals surface area (Å²) in [5, 5.41) is 10.1. The Morgan fingerprint density at radius 1 is 1.45 bits per heavy atom. The predicted octanol–water partition coefficient (Wildman–Crippen LogP) is 0.673. The van der Waals surface area contributed by atoms with E-state index in [1.165, 1.54) is 0 Å². The molecule has 0 aliphatic heterocycles. The van der Waals surface area contributed by atoms with Gasteiger partial charge in [0.25, 0.3) is 0 Å². The monoisotopic (exact) mass is 161 g/mol. The van der Waals surface area contributed by atoms with Gasteiger partial charge < -0.3 is 10.4 Å². The fourth-order valence-corrected chi connectivity index (χ4v) is 1.11.